The Balaban J connectivity index is 2.63. The van der Waals surface area contributed by atoms with Crippen LogP contribution in [0.2, 0.25) is 0 Å². The highest BCUT2D eigenvalue weighted by molar-refractivity contribution is 5.44. The summed E-state index contributed by atoms with van der Waals surface area (Å²) in [5.74, 6) is 0.480. The van der Waals surface area contributed by atoms with Crippen LogP contribution in [0.25, 0.3) is 5.65 Å². The van der Waals surface area contributed by atoms with Crippen LogP contribution in [0.5, 0.6) is 0 Å². The molecule has 0 saturated heterocycles. The molecule has 0 atom stereocenters. The minimum absolute atomic E-state index is 0.0563. The molecule has 4 nitrogen and oxygen atoms in total. The molecule has 4 heteroatoms. The molecule has 0 unspecified atom stereocenters. The van der Waals surface area contributed by atoms with Gasteiger partial charge in [-0.1, -0.05) is 20.8 Å². The zero-order valence-corrected chi connectivity index (χ0v) is 8.65. The van der Waals surface area contributed by atoms with E-state index in [2.05, 4.69) is 30.7 Å². The number of rotatable bonds is 0. The van der Waals surface area contributed by atoms with Gasteiger partial charge in [-0.2, -0.15) is 0 Å². The van der Waals surface area contributed by atoms with Crippen molar-refractivity contribution >= 4 is 11.6 Å². The normalized spacial score (nSPS) is 12.2. The summed E-state index contributed by atoms with van der Waals surface area (Å²) in [7, 11) is 0. The first-order chi connectivity index (χ1) is 6.48. The van der Waals surface area contributed by atoms with E-state index < -0.39 is 0 Å². The van der Waals surface area contributed by atoms with Crippen LogP contribution in [0, 0.1) is 0 Å². The van der Waals surface area contributed by atoms with Crippen molar-refractivity contribution in [2.45, 2.75) is 26.2 Å². The summed E-state index contributed by atoms with van der Waals surface area (Å²) in [6.45, 7) is 6.39. The quantitative estimate of drug-likeness (QED) is 0.686. The smallest absolute Gasteiger partial charge is 0.206 e. The van der Waals surface area contributed by atoms with E-state index in [0.717, 1.165) is 11.3 Å². The van der Waals surface area contributed by atoms with E-state index in [4.69, 9.17) is 5.73 Å². The van der Waals surface area contributed by atoms with E-state index >= 15 is 0 Å². The zero-order chi connectivity index (χ0) is 10.3. The number of nitrogen functional groups attached to an aromatic ring is 1. The highest BCUT2D eigenvalue weighted by Gasteiger charge is 2.16. The van der Waals surface area contributed by atoms with Gasteiger partial charge in [0.15, 0.2) is 5.65 Å². The van der Waals surface area contributed by atoms with E-state index in [1.54, 1.807) is 10.6 Å². The van der Waals surface area contributed by atoms with Gasteiger partial charge in [0.25, 0.3) is 0 Å². The van der Waals surface area contributed by atoms with Crippen molar-refractivity contribution in [2.75, 3.05) is 5.73 Å². The third kappa shape index (κ3) is 1.32. The van der Waals surface area contributed by atoms with E-state index in [1.807, 2.05) is 12.3 Å². The minimum atomic E-state index is 0.0563. The van der Waals surface area contributed by atoms with Gasteiger partial charge in [0, 0.05) is 17.3 Å². The van der Waals surface area contributed by atoms with Crippen LogP contribution >= 0.6 is 0 Å². The molecule has 2 aromatic heterocycles. The van der Waals surface area contributed by atoms with Crippen LogP contribution in [-0.4, -0.2) is 14.4 Å². The van der Waals surface area contributed by atoms with Crippen molar-refractivity contribution in [3.05, 3.63) is 24.2 Å². The first-order valence-electron chi connectivity index (χ1n) is 4.58. The molecule has 2 rings (SSSR count). The number of aromatic nitrogens is 3. The average Bonchev–Trinajstić information content (AvgIpc) is 2.46. The lowest BCUT2D eigenvalue weighted by molar-refractivity contribution is 0.569. The van der Waals surface area contributed by atoms with Gasteiger partial charge >= 0.3 is 0 Å². The van der Waals surface area contributed by atoms with Gasteiger partial charge in [-0.3, -0.25) is 4.40 Å². The molecule has 74 valence electrons. The molecule has 2 heterocycles. The molecule has 2 N–H and O–H groups in total. The summed E-state index contributed by atoms with van der Waals surface area (Å²) in [5.41, 5.74) is 7.55. The SMILES string of the molecule is CC(C)(C)c1ccn2c(N)ncc2n1. The van der Waals surface area contributed by atoms with Gasteiger partial charge in [0.05, 0.1) is 6.20 Å². The van der Waals surface area contributed by atoms with Gasteiger partial charge in [0.2, 0.25) is 5.95 Å². The Kier molecular flexibility index (Phi) is 1.74. The molecule has 0 fully saturated rings. The Morgan fingerprint density at radius 3 is 2.71 bits per heavy atom. The molecule has 0 aliphatic carbocycles. The summed E-state index contributed by atoms with van der Waals surface area (Å²) in [5, 5.41) is 0. The third-order valence-corrected chi connectivity index (χ3v) is 2.19. The Bertz CT molecular complexity index is 464. The van der Waals surface area contributed by atoms with Crippen LogP contribution in [-0.2, 0) is 5.41 Å². The topological polar surface area (TPSA) is 56.2 Å². The summed E-state index contributed by atoms with van der Waals surface area (Å²) >= 11 is 0. The number of fused-ring (bicyclic) bond motifs is 1. The second-order valence-corrected chi connectivity index (χ2v) is 4.41. The van der Waals surface area contributed by atoms with E-state index in [9.17, 15) is 0 Å². The molecule has 0 spiro atoms. The summed E-state index contributed by atoms with van der Waals surface area (Å²) < 4.78 is 1.77. The molecule has 0 aliphatic rings. The minimum Gasteiger partial charge on any atom is -0.369 e. The van der Waals surface area contributed by atoms with Crippen molar-refractivity contribution in [1.82, 2.24) is 14.4 Å². The number of nitrogens with two attached hydrogens (primary N) is 1. The number of anilines is 1. The number of nitrogens with zero attached hydrogens (tertiary/aromatic N) is 3. The first kappa shape index (κ1) is 8.99. The second-order valence-electron chi connectivity index (χ2n) is 4.41. The first-order valence-corrected chi connectivity index (χ1v) is 4.58. The fourth-order valence-corrected chi connectivity index (χ4v) is 1.32. The lowest BCUT2D eigenvalue weighted by Crippen LogP contribution is -2.14. The lowest BCUT2D eigenvalue weighted by Gasteiger charge is -2.17. The number of hydrogen-bond acceptors (Lipinski definition) is 3. The fraction of sp³-hybridized carbons (Fsp3) is 0.400. The lowest BCUT2D eigenvalue weighted by atomic mass is 9.92. The van der Waals surface area contributed by atoms with Gasteiger partial charge in [-0.05, 0) is 6.07 Å². The molecule has 0 amide bonds. The summed E-state index contributed by atoms with van der Waals surface area (Å²) in [4.78, 5) is 8.48. The molecule has 14 heavy (non-hydrogen) atoms. The van der Waals surface area contributed by atoms with Crippen LogP contribution < -0.4 is 5.73 Å². The maximum Gasteiger partial charge on any atom is 0.206 e. The molecule has 0 aromatic carbocycles. The molecule has 2 aromatic rings. The van der Waals surface area contributed by atoms with Crippen LogP contribution in [0.3, 0.4) is 0 Å². The third-order valence-electron chi connectivity index (χ3n) is 2.19. The summed E-state index contributed by atoms with van der Waals surface area (Å²) in [6.07, 6.45) is 3.59. The molecular weight excluding hydrogens is 176 g/mol. The average molecular weight is 190 g/mol. The largest absolute Gasteiger partial charge is 0.369 e. The molecular formula is C10H14N4. The monoisotopic (exact) mass is 190 g/mol. The maximum absolute atomic E-state index is 5.65. The molecule has 0 aliphatic heterocycles. The fourth-order valence-electron chi connectivity index (χ4n) is 1.32. The van der Waals surface area contributed by atoms with E-state index in [-0.39, 0.29) is 5.41 Å². The molecule has 0 radical (unpaired) electrons. The predicted molar refractivity (Wildman–Crippen MR) is 56.1 cm³/mol. The van der Waals surface area contributed by atoms with E-state index in [0.29, 0.717) is 5.95 Å². The Morgan fingerprint density at radius 2 is 2.07 bits per heavy atom. The predicted octanol–water partition coefficient (Wildman–Crippen LogP) is 1.61. The molecule has 0 saturated carbocycles. The Morgan fingerprint density at radius 1 is 1.36 bits per heavy atom. The Hall–Kier alpha value is -1.58. The van der Waals surface area contributed by atoms with E-state index in [1.165, 1.54) is 0 Å². The van der Waals surface area contributed by atoms with Crippen LogP contribution in [0.1, 0.15) is 26.5 Å². The second kappa shape index (κ2) is 2.70. The van der Waals surface area contributed by atoms with Gasteiger partial charge in [-0.15, -0.1) is 0 Å². The standard InChI is InChI=1S/C10H14N4/c1-10(2,3)7-4-5-14-8(13-7)6-12-9(14)11/h4-6H,1-3H3,(H2,11,12). The van der Waals surface area contributed by atoms with Crippen molar-refractivity contribution < 1.29 is 0 Å². The van der Waals surface area contributed by atoms with Crippen molar-refractivity contribution in [2.24, 2.45) is 0 Å². The Labute approximate surface area is 82.8 Å². The molecule has 0 bridgehead atoms. The zero-order valence-electron chi connectivity index (χ0n) is 8.65. The maximum atomic E-state index is 5.65. The van der Waals surface area contributed by atoms with Crippen LogP contribution in [0.15, 0.2) is 18.5 Å². The van der Waals surface area contributed by atoms with Crippen molar-refractivity contribution in [1.29, 1.82) is 0 Å². The highest BCUT2D eigenvalue weighted by atomic mass is 15.1. The van der Waals surface area contributed by atoms with Crippen LogP contribution in [0.4, 0.5) is 5.95 Å². The van der Waals surface area contributed by atoms with Crippen molar-refractivity contribution in [3.8, 4) is 0 Å². The number of imidazole rings is 1. The number of hydrogen-bond donors (Lipinski definition) is 1. The van der Waals surface area contributed by atoms with Gasteiger partial charge in [-0.25, -0.2) is 9.97 Å². The van der Waals surface area contributed by atoms with Crippen molar-refractivity contribution in [3.63, 3.8) is 0 Å². The van der Waals surface area contributed by atoms with Gasteiger partial charge < -0.3 is 5.73 Å². The highest BCUT2D eigenvalue weighted by Crippen LogP contribution is 2.20. The summed E-state index contributed by atoms with van der Waals surface area (Å²) in [6, 6.07) is 1.98. The van der Waals surface area contributed by atoms with Gasteiger partial charge in [0.1, 0.15) is 0 Å².